The number of methoxy groups -OCH3 is 1. The highest BCUT2D eigenvalue weighted by molar-refractivity contribution is 6.30. The average molecular weight is 360 g/mol. The van der Waals surface area contributed by atoms with Gasteiger partial charge in [-0.2, -0.15) is 0 Å². The standard InChI is InChI=1S/C20H22ClNO3/c1-20(2,3)13-5-7-17(24-4)15(11-13)22-19(23)18-10-12-9-14(21)6-8-16(12)25-18/h5-9,11,18H,10H2,1-4H3,(H,22,23). The second-order valence-electron chi connectivity index (χ2n) is 7.22. The van der Waals surface area contributed by atoms with Crippen molar-refractivity contribution in [2.45, 2.75) is 38.7 Å². The monoisotopic (exact) mass is 359 g/mol. The number of halogens is 1. The molecule has 4 nitrogen and oxygen atoms in total. The lowest BCUT2D eigenvalue weighted by molar-refractivity contribution is -0.122. The van der Waals surface area contributed by atoms with Crippen LogP contribution in [-0.2, 0) is 16.6 Å². The van der Waals surface area contributed by atoms with Gasteiger partial charge in [0.2, 0.25) is 0 Å². The van der Waals surface area contributed by atoms with Crippen molar-refractivity contribution in [2.75, 3.05) is 12.4 Å². The van der Waals surface area contributed by atoms with E-state index in [0.717, 1.165) is 11.1 Å². The van der Waals surface area contributed by atoms with E-state index in [1.54, 1.807) is 19.2 Å². The van der Waals surface area contributed by atoms with Crippen molar-refractivity contribution in [2.24, 2.45) is 0 Å². The van der Waals surface area contributed by atoms with E-state index in [1.807, 2.05) is 24.3 Å². The molecule has 0 aliphatic carbocycles. The molecule has 0 bridgehead atoms. The number of carbonyl (C=O) groups excluding carboxylic acids is 1. The van der Waals surface area contributed by atoms with Crippen LogP contribution in [0.15, 0.2) is 36.4 Å². The van der Waals surface area contributed by atoms with Crippen LogP contribution in [0.5, 0.6) is 11.5 Å². The zero-order chi connectivity index (χ0) is 18.2. The largest absolute Gasteiger partial charge is 0.495 e. The van der Waals surface area contributed by atoms with Crippen molar-refractivity contribution < 1.29 is 14.3 Å². The van der Waals surface area contributed by atoms with Crippen LogP contribution in [0.4, 0.5) is 5.69 Å². The molecule has 0 spiro atoms. The van der Waals surface area contributed by atoms with Crippen molar-refractivity contribution in [1.82, 2.24) is 0 Å². The molecule has 1 aliphatic rings. The van der Waals surface area contributed by atoms with E-state index in [0.29, 0.717) is 28.6 Å². The fourth-order valence-electron chi connectivity index (χ4n) is 2.85. The third-order valence-corrected chi connectivity index (χ3v) is 4.55. The molecule has 0 saturated heterocycles. The Balaban J connectivity index is 1.79. The minimum Gasteiger partial charge on any atom is -0.495 e. The fraction of sp³-hybridized carbons (Fsp3) is 0.350. The number of amides is 1. The maximum absolute atomic E-state index is 12.7. The Kier molecular flexibility index (Phi) is 4.65. The normalized spacial score (nSPS) is 16.1. The Bertz CT molecular complexity index is 811. The Morgan fingerprint density at radius 1 is 1.24 bits per heavy atom. The van der Waals surface area contributed by atoms with Crippen molar-refractivity contribution in [3.63, 3.8) is 0 Å². The summed E-state index contributed by atoms with van der Waals surface area (Å²) in [6.07, 6.45) is -0.0697. The van der Waals surface area contributed by atoms with Crippen LogP contribution in [0.1, 0.15) is 31.9 Å². The Morgan fingerprint density at radius 3 is 2.68 bits per heavy atom. The lowest BCUT2D eigenvalue weighted by Gasteiger charge is -2.21. The molecule has 1 aliphatic heterocycles. The van der Waals surface area contributed by atoms with Crippen molar-refractivity contribution in [3.8, 4) is 11.5 Å². The molecule has 2 aromatic rings. The summed E-state index contributed by atoms with van der Waals surface area (Å²) in [5.74, 6) is 1.14. The van der Waals surface area contributed by atoms with Crippen molar-refractivity contribution in [3.05, 3.63) is 52.5 Å². The van der Waals surface area contributed by atoms with Gasteiger partial charge < -0.3 is 14.8 Å². The predicted molar refractivity (Wildman–Crippen MR) is 99.9 cm³/mol. The molecule has 0 aromatic heterocycles. The molecular weight excluding hydrogens is 338 g/mol. The number of hydrogen-bond acceptors (Lipinski definition) is 3. The number of anilines is 1. The third kappa shape index (κ3) is 3.74. The lowest BCUT2D eigenvalue weighted by Crippen LogP contribution is -2.31. The topological polar surface area (TPSA) is 47.6 Å². The highest BCUT2D eigenvalue weighted by atomic mass is 35.5. The first kappa shape index (κ1) is 17.6. The number of ether oxygens (including phenoxy) is 2. The lowest BCUT2D eigenvalue weighted by atomic mass is 9.87. The fourth-order valence-corrected chi connectivity index (χ4v) is 3.04. The molecule has 132 valence electrons. The summed E-state index contributed by atoms with van der Waals surface area (Å²) in [6.45, 7) is 6.38. The molecular formula is C20H22ClNO3. The van der Waals surface area contributed by atoms with Gasteiger partial charge in [-0.1, -0.05) is 38.4 Å². The van der Waals surface area contributed by atoms with Crippen LogP contribution in [0, 0.1) is 0 Å². The van der Waals surface area contributed by atoms with E-state index in [4.69, 9.17) is 21.1 Å². The summed E-state index contributed by atoms with van der Waals surface area (Å²) in [5, 5.41) is 3.59. The van der Waals surface area contributed by atoms with Crippen LogP contribution in [0.2, 0.25) is 5.02 Å². The number of benzene rings is 2. The number of rotatable bonds is 3. The summed E-state index contributed by atoms with van der Waals surface area (Å²) in [7, 11) is 1.59. The molecule has 25 heavy (non-hydrogen) atoms. The van der Waals surface area contributed by atoms with E-state index in [9.17, 15) is 4.79 Å². The number of fused-ring (bicyclic) bond motifs is 1. The van der Waals surface area contributed by atoms with Gasteiger partial charge in [-0.25, -0.2) is 0 Å². The Morgan fingerprint density at radius 2 is 2.00 bits per heavy atom. The van der Waals surface area contributed by atoms with Gasteiger partial charge in [0.05, 0.1) is 12.8 Å². The van der Waals surface area contributed by atoms with E-state index >= 15 is 0 Å². The SMILES string of the molecule is COc1ccc(C(C)(C)C)cc1NC(=O)C1Cc2cc(Cl)ccc2O1. The Labute approximate surface area is 153 Å². The smallest absolute Gasteiger partial charge is 0.265 e. The number of hydrogen-bond donors (Lipinski definition) is 1. The average Bonchev–Trinajstić information content (AvgIpc) is 2.97. The van der Waals surface area contributed by atoms with Crippen molar-refractivity contribution in [1.29, 1.82) is 0 Å². The molecule has 1 amide bonds. The van der Waals surface area contributed by atoms with Crippen LogP contribution < -0.4 is 14.8 Å². The summed E-state index contributed by atoms with van der Waals surface area (Å²) >= 11 is 6.01. The maximum Gasteiger partial charge on any atom is 0.265 e. The van der Waals surface area contributed by atoms with E-state index in [2.05, 4.69) is 26.1 Å². The second kappa shape index (κ2) is 6.60. The van der Waals surface area contributed by atoms with Crippen LogP contribution in [-0.4, -0.2) is 19.1 Å². The van der Waals surface area contributed by atoms with Crippen LogP contribution >= 0.6 is 11.6 Å². The first-order valence-electron chi connectivity index (χ1n) is 8.22. The van der Waals surface area contributed by atoms with Gasteiger partial charge >= 0.3 is 0 Å². The molecule has 1 N–H and O–H groups in total. The molecule has 0 saturated carbocycles. The molecule has 2 aromatic carbocycles. The highest BCUT2D eigenvalue weighted by Gasteiger charge is 2.30. The molecule has 0 fully saturated rings. The van der Waals surface area contributed by atoms with E-state index in [-0.39, 0.29) is 11.3 Å². The molecule has 1 heterocycles. The van der Waals surface area contributed by atoms with Gasteiger partial charge in [0.25, 0.3) is 5.91 Å². The summed E-state index contributed by atoms with van der Waals surface area (Å²) in [6, 6.07) is 11.2. The van der Waals surface area contributed by atoms with Gasteiger partial charge in [-0.3, -0.25) is 4.79 Å². The second-order valence-corrected chi connectivity index (χ2v) is 7.65. The number of nitrogens with one attached hydrogen (secondary N) is 1. The predicted octanol–water partition coefficient (Wildman–Crippen LogP) is 4.59. The highest BCUT2D eigenvalue weighted by Crippen LogP contribution is 2.34. The molecule has 1 atom stereocenters. The molecule has 5 heteroatoms. The van der Waals surface area contributed by atoms with Crippen LogP contribution in [0.25, 0.3) is 0 Å². The van der Waals surface area contributed by atoms with Gasteiger partial charge in [-0.05, 0) is 46.9 Å². The molecule has 0 radical (unpaired) electrons. The first-order chi connectivity index (χ1) is 11.8. The van der Waals surface area contributed by atoms with Crippen LogP contribution in [0.3, 0.4) is 0 Å². The van der Waals surface area contributed by atoms with Gasteiger partial charge in [0.15, 0.2) is 6.10 Å². The summed E-state index contributed by atoms with van der Waals surface area (Å²) in [5.41, 5.74) is 2.69. The number of carbonyl (C=O) groups is 1. The minimum atomic E-state index is -0.573. The minimum absolute atomic E-state index is 0.0252. The zero-order valence-corrected chi connectivity index (χ0v) is 15.6. The summed E-state index contributed by atoms with van der Waals surface area (Å²) in [4.78, 5) is 12.7. The van der Waals surface area contributed by atoms with Gasteiger partial charge in [0, 0.05) is 11.4 Å². The van der Waals surface area contributed by atoms with E-state index in [1.165, 1.54) is 0 Å². The first-order valence-corrected chi connectivity index (χ1v) is 8.60. The third-order valence-electron chi connectivity index (χ3n) is 4.31. The summed E-state index contributed by atoms with van der Waals surface area (Å²) < 4.78 is 11.1. The Hall–Kier alpha value is -2.20. The quantitative estimate of drug-likeness (QED) is 0.872. The molecule has 1 unspecified atom stereocenters. The van der Waals surface area contributed by atoms with E-state index < -0.39 is 6.10 Å². The van der Waals surface area contributed by atoms with Crippen molar-refractivity contribution >= 4 is 23.2 Å². The molecule has 3 rings (SSSR count). The van der Waals surface area contributed by atoms with Gasteiger partial charge in [-0.15, -0.1) is 0 Å². The zero-order valence-electron chi connectivity index (χ0n) is 14.9. The maximum atomic E-state index is 12.7. The van der Waals surface area contributed by atoms with Gasteiger partial charge in [0.1, 0.15) is 11.5 Å².